The normalized spacial score (nSPS) is 20.0. The molecule has 1 fully saturated rings. The molecule has 0 unspecified atom stereocenters. The Morgan fingerprint density at radius 3 is 2.84 bits per heavy atom. The van der Waals surface area contributed by atoms with Gasteiger partial charge < -0.3 is 10.1 Å². The fraction of sp³-hybridized carbons (Fsp3) is 0.333. The maximum atomic E-state index is 12.4. The molecule has 1 saturated heterocycles. The lowest BCUT2D eigenvalue weighted by molar-refractivity contribution is 0.00289. The fourth-order valence-electron chi connectivity index (χ4n) is 3.12. The van der Waals surface area contributed by atoms with Crippen molar-refractivity contribution in [3.05, 3.63) is 48.5 Å². The molecule has 1 aliphatic rings. The van der Waals surface area contributed by atoms with Gasteiger partial charge in [-0.3, -0.25) is 9.36 Å². The Balaban J connectivity index is 1.62. The van der Waals surface area contributed by atoms with Crippen LogP contribution in [-0.2, 0) is 4.74 Å². The van der Waals surface area contributed by atoms with E-state index in [2.05, 4.69) is 27.2 Å². The van der Waals surface area contributed by atoms with Crippen LogP contribution in [-0.4, -0.2) is 31.5 Å². The van der Waals surface area contributed by atoms with Gasteiger partial charge in [-0.2, -0.15) is 0 Å². The summed E-state index contributed by atoms with van der Waals surface area (Å²) >= 11 is 0. The summed E-state index contributed by atoms with van der Waals surface area (Å²) in [7, 11) is 0. The molecule has 1 amide bonds. The van der Waals surface area contributed by atoms with E-state index in [0.29, 0.717) is 22.5 Å². The predicted molar refractivity (Wildman–Crippen MR) is 93.2 cm³/mol. The van der Waals surface area contributed by atoms with Gasteiger partial charge in [-0.15, -0.1) is 0 Å². The van der Waals surface area contributed by atoms with Crippen LogP contribution >= 0.6 is 0 Å². The highest BCUT2D eigenvalue weighted by Crippen LogP contribution is 2.32. The number of nitrogens with zero attached hydrogens (tertiary/aromatic N) is 4. The lowest BCUT2D eigenvalue weighted by Crippen LogP contribution is -2.14. The van der Waals surface area contributed by atoms with E-state index in [9.17, 15) is 4.79 Å². The monoisotopic (exact) mass is 337 g/mol. The Hall–Kier alpha value is -2.80. The second kappa shape index (κ2) is 6.60. The van der Waals surface area contributed by atoms with Gasteiger partial charge in [-0.05, 0) is 31.4 Å². The Kier molecular flexibility index (Phi) is 4.15. The van der Waals surface area contributed by atoms with E-state index in [1.54, 1.807) is 18.5 Å². The second-order valence-corrected chi connectivity index (χ2v) is 6.06. The van der Waals surface area contributed by atoms with E-state index in [1.807, 2.05) is 22.8 Å². The van der Waals surface area contributed by atoms with E-state index in [-0.39, 0.29) is 18.2 Å². The van der Waals surface area contributed by atoms with Crippen LogP contribution in [0.5, 0.6) is 0 Å². The average molecular weight is 337 g/mol. The van der Waals surface area contributed by atoms with Gasteiger partial charge in [0.2, 0.25) is 0 Å². The third-order valence-electron chi connectivity index (χ3n) is 4.48. The van der Waals surface area contributed by atoms with Crippen molar-refractivity contribution in [3.8, 4) is 0 Å². The van der Waals surface area contributed by atoms with Crippen molar-refractivity contribution < 1.29 is 9.53 Å². The molecule has 2 atom stereocenters. The van der Waals surface area contributed by atoms with Crippen molar-refractivity contribution in [1.82, 2.24) is 19.5 Å². The first-order valence-corrected chi connectivity index (χ1v) is 8.45. The van der Waals surface area contributed by atoms with Gasteiger partial charge >= 0.3 is 0 Å². The summed E-state index contributed by atoms with van der Waals surface area (Å²) in [5, 5.41) is 2.82. The molecule has 1 aromatic carbocycles. The van der Waals surface area contributed by atoms with E-state index >= 15 is 0 Å². The summed E-state index contributed by atoms with van der Waals surface area (Å²) in [5.41, 5.74) is 1.80. The number of imidazole rings is 1. The molecule has 0 spiro atoms. The first-order valence-electron chi connectivity index (χ1n) is 8.45. The number of anilines is 1. The minimum Gasteiger partial charge on any atom is -0.355 e. The summed E-state index contributed by atoms with van der Waals surface area (Å²) in [4.78, 5) is 25.3. The van der Waals surface area contributed by atoms with Gasteiger partial charge in [-0.25, -0.2) is 15.0 Å². The maximum Gasteiger partial charge on any atom is 0.256 e. The van der Waals surface area contributed by atoms with Crippen LogP contribution in [0.1, 0.15) is 42.8 Å². The smallest absolute Gasteiger partial charge is 0.256 e. The van der Waals surface area contributed by atoms with E-state index in [1.165, 1.54) is 6.33 Å². The maximum absolute atomic E-state index is 12.4. The zero-order chi connectivity index (χ0) is 17.2. The molecular weight excluding hydrogens is 318 g/mol. The minimum atomic E-state index is -0.224. The quantitative estimate of drug-likeness (QED) is 0.791. The standard InChI is InChI=1S/C18H19N5O2/c1-2-13-8-9-14(25-13)23-11-21-15-16(19-10-20-17(15)23)22-18(24)12-6-4-3-5-7-12/h3-7,10-11,13-14H,2,8-9H2,1H3,(H,19,20,22,24)/t13-,14-/m1/s1. The number of aromatic nitrogens is 4. The molecule has 2 aromatic heterocycles. The predicted octanol–water partition coefficient (Wildman–Crippen LogP) is 3.17. The molecule has 1 N–H and O–H groups in total. The van der Waals surface area contributed by atoms with Gasteiger partial charge in [0, 0.05) is 5.56 Å². The number of fused-ring (bicyclic) bond motifs is 1. The Bertz CT molecular complexity index is 893. The molecule has 7 nitrogen and oxygen atoms in total. The Labute approximate surface area is 145 Å². The molecule has 1 aliphatic heterocycles. The van der Waals surface area contributed by atoms with Gasteiger partial charge in [0.1, 0.15) is 12.6 Å². The van der Waals surface area contributed by atoms with E-state index in [4.69, 9.17) is 4.74 Å². The van der Waals surface area contributed by atoms with Crippen molar-refractivity contribution in [3.63, 3.8) is 0 Å². The SMILES string of the molecule is CC[C@@H]1CC[C@H](n2cnc3c(NC(=O)c4ccccc4)ncnc32)O1. The lowest BCUT2D eigenvalue weighted by Gasteiger charge is -2.14. The zero-order valence-electron chi connectivity index (χ0n) is 13.9. The minimum absolute atomic E-state index is 0.0671. The molecule has 3 heterocycles. The van der Waals surface area contributed by atoms with Gasteiger partial charge in [0.15, 0.2) is 17.0 Å². The molecule has 0 bridgehead atoms. The Morgan fingerprint density at radius 1 is 1.24 bits per heavy atom. The van der Waals surface area contributed by atoms with Crippen molar-refractivity contribution >= 4 is 22.9 Å². The van der Waals surface area contributed by atoms with Crippen LogP contribution in [0.25, 0.3) is 11.2 Å². The highest BCUT2D eigenvalue weighted by Gasteiger charge is 2.27. The number of ether oxygens (including phenoxy) is 1. The van der Waals surface area contributed by atoms with Crippen LogP contribution in [0.2, 0.25) is 0 Å². The molecule has 0 aliphatic carbocycles. The number of carbonyl (C=O) groups excluding carboxylic acids is 1. The second-order valence-electron chi connectivity index (χ2n) is 6.06. The number of nitrogens with one attached hydrogen (secondary N) is 1. The summed E-state index contributed by atoms with van der Waals surface area (Å²) in [5.74, 6) is 0.181. The molecule has 0 radical (unpaired) electrons. The number of carbonyl (C=O) groups is 1. The average Bonchev–Trinajstić information content (AvgIpc) is 3.29. The van der Waals surface area contributed by atoms with E-state index < -0.39 is 0 Å². The largest absolute Gasteiger partial charge is 0.355 e. The number of rotatable bonds is 4. The van der Waals surface area contributed by atoms with Crippen molar-refractivity contribution in [2.24, 2.45) is 0 Å². The molecule has 0 saturated carbocycles. The molecule has 4 rings (SSSR count). The third-order valence-corrected chi connectivity index (χ3v) is 4.48. The van der Waals surface area contributed by atoms with Crippen molar-refractivity contribution in [2.45, 2.75) is 38.5 Å². The third kappa shape index (κ3) is 2.98. The van der Waals surface area contributed by atoms with Crippen LogP contribution in [0.3, 0.4) is 0 Å². The van der Waals surface area contributed by atoms with Crippen molar-refractivity contribution in [2.75, 3.05) is 5.32 Å². The highest BCUT2D eigenvalue weighted by atomic mass is 16.5. The fourth-order valence-corrected chi connectivity index (χ4v) is 3.12. The van der Waals surface area contributed by atoms with Gasteiger partial charge in [0.05, 0.1) is 12.4 Å². The zero-order valence-corrected chi connectivity index (χ0v) is 13.9. The summed E-state index contributed by atoms with van der Waals surface area (Å²) in [6.07, 6.45) is 6.32. The van der Waals surface area contributed by atoms with Crippen LogP contribution < -0.4 is 5.32 Å². The summed E-state index contributed by atoms with van der Waals surface area (Å²) in [6.45, 7) is 2.12. The van der Waals surface area contributed by atoms with Crippen molar-refractivity contribution in [1.29, 1.82) is 0 Å². The topological polar surface area (TPSA) is 81.9 Å². The molecule has 7 heteroatoms. The lowest BCUT2D eigenvalue weighted by atomic mass is 10.2. The number of hydrogen-bond acceptors (Lipinski definition) is 5. The molecular formula is C18H19N5O2. The van der Waals surface area contributed by atoms with Gasteiger partial charge in [-0.1, -0.05) is 25.1 Å². The van der Waals surface area contributed by atoms with E-state index in [0.717, 1.165) is 19.3 Å². The van der Waals surface area contributed by atoms with Crippen LogP contribution in [0.15, 0.2) is 43.0 Å². The molecule has 3 aromatic rings. The number of hydrogen-bond donors (Lipinski definition) is 1. The Morgan fingerprint density at radius 2 is 2.08 bits per heavy atom. The number of amides is 1. The van der Waals surface area contributed by atoms with Crippen LogP contribution in [0.4, 0.5) is 5.82 Å². The number of benzene rings is 1. The first-order chi connectivity index (χ1) is 12.3. The summed E-state index contributed by atoms with van der Waals surface area (Å²) < 4.78 is 7.95. The van der Waals surface area contributed by atoms with Gasteiger partial charge in [0.25, 0.3) is 5.91 Å². The molecule has 128 valence electrons. The first kappa shape index (κ1) is 15.7. The highest BCUT2D eigenvalue weighted by molar-refractivity contribution is 6.06. The van der Waals surface area contributed by atoms with Crippen LogP contribution in [0, 0.1) is 0 Å². The molecule has 25 heavy (non-hydrogen) atoms. The summed E-state index contributed by atoms with van der Waals surface area (Å²) in [6, 6.07) is 9.02.